The highest BCUT2D eigenvalue weighted by Crippen LogP contribution is 2.30. The van der Waals surface area contributed by atoms with Crippen molar-refractivity contribution in [3.63, 3.8) is 0 Å². The van der Waals surface area contributed by atoms with Gasteiger partial charge in [0.15, 0.2) is 5.96 Å². The van der Waals surface area contributed by atoms with Crippen LogP contribution in [0.15, 0.2) is 23.2 Å². The summed E-state index contributed by atoms with van der Waals surface area (Å²) in [4.78, 5) is 15.7. The van der Waals surface area contributed by atoms with Crippen molar-refractivity contribution in [1.82, 2.24) is 0 Å². The Hall–Kier alpha value is -1.49. The molecule has 1 saturated heterocycles. The average molecular weight is 440 g/mol. The Balaban J connectivity index is 0.00000264. The number of halogens is 3. The highest BCUT2D eigenvalue weighted by atomic mass is 127. The van der Waals surface area contributed by atoms with Crippen LogP contribution in [0, 0.1) is 17.0 Å². The van der Waals surface area contributed by atoms with Gasteiger partial charge in [-0.25, -0.2) is 8.78 Å². The first kappa shape index (κ1) is 19.6. The predicted molar refractivity (Wildman–Crippen MR) is 93.6 cm³/mol. The molecule has 0 unspecified atom stereocenters. The Labute approximate surface area is 149 Å². The van der Waals surface area contributed by atoms with Crippen molar-refractivity contribution in [2.75, 3.05) is 25.1 Å². The fraction of sp³-hybridized carbons (Fsp3) is 0.429. The van der Waals surface area contributed by atoms with E-state index >= 15 is 0 Å². The van der Waals surface area contributed by atoms with Gasteiger partial charge in [-0.3, -0.25) is 9.79 Å². The van der Waals surface area contributed by atoms with Crippen LogP contribution < -0.4 is 16.8 Å². The van der Waals surface area contributed by atoms with Gasteiger partial charge in [0.05, 0.1) is 17.6 Å². The third-order valence-electron chi connectivity index (χ3n) is 3.72. The van der Waals surface area contributed by atoms with E-state index in [0.717, 1.165) is 18.2 Å². The topological polar surface area (TPSA) is 103 Å². The van der Waals surface area contributed by atoms with Gasteiger partial charge < -0.3 is 21.5 Å². The number of ether oxygens (including phenoxy) is 1. The van der Waals surface area contributed by atoms with E-state index < -0.39 is 23.0 Å². The Morgan fingerprint density at radius 1 is 1.30 bits per heavy atom. The zero-order chi connectivity index (χ0) is 16.2. The number of hydrogen-bond acceptors (Lipinski definition) is 3. The van der Waals surface area contributed by atoms with E-state index in [1.54, 1.807) is 0 Å². The molecule has 9 heteroatoms. The molecule has 1 fully saturated rings. The number of nitrogens with two attached hydrogens (primary N) is 2. The molecule has 0 saturated carbocycles. The molecular formula is C14H19F2IN4O2. The van der Waals surface area contributed by atoms with Gasteiger partial charge in [-0.1, -0.05) is 0 Å². The van der Waals surface area contributed by atoms with E-state index in [2.05, 4.69) is 10.3 Å². The van der Waals surface area contributed by atoms with Crippen molar-refractivity contribution < 1.29 is 18.3 Å². The van der Waals surface area contributed by atoms with Crippen molar-refractivity contribution in [1.29, 1.82) is 0 Å². The molecule has 0 aromatic heterocycles. The first-order valence-electron chi connectivity index (χ1n) is 6.83. The van der Waals surface area contributed by atoms with E-state index in [-0.39, 0.29) is 42.2 Å². The SMILES string of the molecule is I.NC(=O)C1(CN=C(N)Nc2cc(F)ccc2F)CCOCC1. The molecule has 0 bridgehead atoms. The highest BCUT2D eigenvalue weighted by molar-refractivity contribution is 14.0. The minimum atomic E-state index is -0.814. The summed E-state index contributed by atoms with van der Waals surface area (Å²) in [6, 6.07) is 2.95. The van der Waals surface area contributed by atoms with Crippen molar-refractivity contribution in [2.24, 2.45) is 21.9 Å². The maximum absolute atomic E-state index is 13.5. The standard InChI is InChI=1S/C14H18F2N4O2.HI/c15-9-1-2-10(16)11(7-9)20-13(18)19-8-14(12(17)21)3-5-22-6-4-14;/h1-2,7H,3-6,8H2,(H2,17,21)(H3,18,19,20);1H. The number of carbonyl (C=O) groups is 1. The summed E-state index contributed by atoms with van der Waals surface area (Å²) in [5, 5.41) is 2.48. The minimum absolute atomic E-state index is 0. The van der Waals surface area contributed by atoms with Crippen LogP contribution in [-0.2, 0) is 9.53 Å². The predicted octanol–water partition coefficient (Wildman–Crippen LogP) is 1.59. The van der Waals surface area contributed by atoms with Crippen LogP contribution in [0.5, 0.6) is 0 Å². The fourth-order valence-corrected chi connectivity index (χ4v) is 2.25. The molecule has 128 valence electrons. The van der Waals surface area contributed by atoms with Crippen molar-refractivity contribution in [2.45, 2.75) is 12.8 Å². The summed E-state index contributed by atoms with van der Waals surface area (Å²) in [6.45, 7) is 0.913. The monoisotopic (exact) mass is 440 g/mol. The molecule has 23 heavy (non-hydrogen) atoms. The molecule has 0 atom stereocenters. The molecule has 1 aromatic carbocycles. The second-order valence-electron chi connectivity index (χ2n) is 5.21. The average Bonchev–Trinajstić information content (AvgIpc) is 2.50. The zero-order valence-corrected chi connectivity index (χ0v) is 14.7. The lowest BCUT2D eigenvalue weighted by Crippen LogP contribution is -2.44. The van der Waals surface area contributed by atoms with E-state index in [1.807, 2.05) is 0 Å². The van der Waals surface area contributed by atoms with Gasteiger partial charge in [0.2, 0.25) is 5.91 Å². The van der Waals surface area contributed by atoms with Crippen LogP contribution in [-0.4, -0.2) is 31.6 Å². The van der Waals surface area contributed by atoms with Crippen molar-refractivity contribution >= 4 is 41.5 Å². The summed E-state index contributed by atoms with van der Waals surface area (Å²) in [5.74, 6) is -1.84. The molecule has 1 amide bonds. The molecule has 2 rings (SSSR count). The molecule has 5 N–H and O–H groups in total. The molecule has 1 aliphatic heterocycles. The van der Waals surface area contributed by atoms with Gasteiger partial charge in [-0.2, -0.15) is 0 Å². The normalized spacial score (nSPS) is 17.2. The third-order valence-corrected chi connectivity index (χ3v) is 3.72. The number of amides is 1. The number of aliphatic imine (C=N–C) groups is 1. The molecule has 1 aromatic rings. The Kier molecular flexibility index (Phi) is 7.13. The molecule has 0 aliphatic carbocycles. The smallest absolute Gasteiger partial charge is 0.225 e. The van der Waals surface area contributed by atoms with Crippen LogP contribution in [0.4, 0.5) is 14.5 Å². The minimum Gasteiger partial charge on any atom is -0.381 e. The molecular weight excluding hydrogens is 421 g/mol. The van der Waals surface area contributed by atoms with Crippen molar-refractivity contribution in [3.05, 3.63) is 29.8 Å². The second-order valence-corrected chi connectivity index (χ2v) is 5.21. The van der Waals surface area contributed by atoms with Crippen LogP contribution in [0.25, 0.3) is 0 Å². The summed E-state index contributed by atoms with van der Waals surface area (Å²) in [6.07, 6.45) is 0.904. The molecule has 1 aliphatic rings. The summed E-state index contributed by atoms with van der Waals surface area (Å²) in [5.41, 5.74) is 10.2. The number of rotatable bonds is 4. The number of carbonyl (C=O) groups excluding carboxylic acids is 1. The number of anilines is 1. The first-order valence-corrected chi connectivity index (χ1v) is 6.83. The lowest BCUT2D eigenvalue weighted by Gasteiger charge is -2.32. The fourth-order valence-electron chi connectivity index (χ4n) is 2.25. The lowest BCUT2D eigenvalue weighted by atomic mass is 9.79. The summed E-state index contributed by atoms with van der Waals surface area (Å²) < 4.78 is 31.8. The highest BCUT2D eigenvalue weighted by Gasteiger charge is 2.38. The Morgan fingerprint density at radius 2 is 1.96 bits per heavy atom. The number of nitrogens with one attached hydrogen (secondary N) is 1. The third kappa shape index (κ3) is 4.99. The first-order chi connectivity index (χ1) is 10.4. The van der Waals surface area contributed by atoms with E-state index in [9.17, 15) is 13.6 Å². The maximum Gasteiger partial charge on any atom is 0.225 e. The van der Waals surface area contributed by atoms with Crippen LogP contribution in [0.3, 0.4) is 0 Å². The molecule has 6 nitrogen and oxygen atoms in total. The van der Waals surface area contributed by atoms with Crippen molar-refractivity contribution in [3.8, 4) is 0 Å². The van der Waals surface area contributed by atoms with E-state index in [1.165, 1.54) is 0 Å². The number of guanidine groups is 1. The Morgan fingerprint density at radius 3 is 2.57 bits per heavy atom. The van der Waals surface area contributed by atoms with Crippen LogP contribution in [0.1, 0.15) is 12.8 Å². The van der Waals surface area contributed by atoms with E-state index in [4.69, 9.17) is 16.2 Å². The van der Waals surface area contributed by atoms with Gasteiger partial charge in [0.1, 0.15) is 11.6 Å². The largest absolute Gasteiger partial charge is 0.381 e. The Bertz CT molecular complexity index is 592. The van der Waals surface area contributed by atoms with E-state index in [0.29, 0.717) is 26.1 Å². The van der Waals surface area contributed by atoms with Gasteiger partial charge in [-0.05, 0) is 25.0 Å². The maximum atomic E-state index is 13.5. The summed E-state index contributed by atoms with van der Waals surface area (Å²) in [7, 11) is 0. The number of primary amides is 1. The lowest BCUT2D eigenvalue weighted by molar-refractivity contribution is -0.132. The molecule has 0 spiro atoms. The number of nitrogens with zero attached hydrogens (tertiary/aromatic N) is 1. The van der Waals surface area contributed by atoms with Gasteiger partial charge in [0, 0.05) is 19.3 Å². The zero-order valence-electron chi connectivity index (χ0n) is 12.4. The number of benzene rings is 1. The van der Waals surface area contributed by atoms with Gasteiger partial charge in [0.25, 0.3) is 0 Å². The second kappa shape index (κ2) is 8.39. The molecule has 1 heterocycles. The van der Waals surface area contributed by atoms with Crippen LogP contribution in [0.2, 0.25) is 0 Å². The quantitative estimate of drug-likeness (QED) is 0.376. The number of hydrogen-bond donors (Lipinski definition) is 3. The van der Waals surface area contributed by atoms with Gasteiger partial charge >= 0.3 is 0 Å². The van der Waals surface area contributed by atoms with Gasteiger partial charge in [-0.15, -0.1) is 24.0 Å². The van der Waals surface area contributed by atoms with Crippen LogP contribution >= 0.6 is 24.0 Å². The summed E-state index contributed by atoms with van der Waals surface area (Å²) >= 11 is 0. The molecule has 0 radical (unpaired) electrons.